The highest BCUT2D eigenvalue weighted by molar-refractivity contribution is 6.04. The molecule has 1 amide bonds. The third-order valence-corrected chi connectivity index (χ3v) is 4.52. The summed E-state index contributed by atoms with van der Waals surface area (Å²) in [6, 6.07) is 9.37. The lowest BCUT2D eigenvalue weighted by Gasteiger charge is -2.20. The van der Waals surface area contributed by atoms with Crippen LogP contribution in [0.15, 0.2) is 48.9 Å². The highest BCUT2D eigenvalue weighted by Gasteiger charge is 2.23. The lowest BCUT2D eigenvalue weighted by atomic mass is 9.96. The summed E-state index contributed by atoms with van der Waals surface area (Å²) in [5, 5.41) is 7.24. The Morgan fingerprint density at radius 2 is 2.16 bits per heavy atom. The number of pyridine rings is 2. The SMILES string of the molecule is CC1CCn2ncc(C(=O)Nc3cccc(-c4cccnc4)n3)c2C1. The summed E-state index contributed by atoms with van der Waals surface area (Å²) in [5.41, 5.74) is 3.34. The normalized spacial score (nSPS) is 16.3. The molecule has 1 atom stereocenters. The van der Waals surface area contributed by atoms with Gasteiger partial charge in [-0.05, 0) is 43.0 Å². The van der Waals surface area contributed by atoms with Crippen LogP contribution in [0.1, 0.15) is 29.4 Å². The third kappa shape index (κ3) is 3.15. The van der Waals surface area contributed by atoms with Crippen molar-refractivity contribution >= 4 is 11.7 Å². The minimum absolute atomic E-state index is 0.161. The zero-order chi connectivity index (χ0) is 17.2. The first-order valence-corrected chi connectivity index (χ1v) is 8.44. The van der Waals surface area contributed by atoms with E-state index in [9.17, 15) is 4.79 Å². The molecule has 4 rings (SSSR count). The number of aromatic nitrogens is 4. The Labute approximate surface area is 145 Å². The molecule has 6 heteroatoms. The molecule has 0 aliphatic carbocycles. The number of nitrogens with zero attached hydrogens (tertiary/aromatic N) is 4. The number of nitrogens with one attached hydrogen (secondary N) is 1. The van der Waals surface area contributed by atoms with Crippen LogP contribution >= 0.6 is 0 Å². The number of aryl methyl sites for hydroxylation is 1. The standard InChI is InChI=1S/C19H19N5O/c1-13-7-9-24-17(10-13)15(12-21-24)19(25)23-18-6-2-5-16(22-18)14-4-3-8-20-11-14/h2-6,8,11-13H,7,9-10H2,1H3,(H,22,23,25). The molecule has 6 nitrogen and oxygen atoms in total. The Balaban J connectivity index is 1.57. The van der Waals surface area contributed by atoms with E-state index in [-0.39, 0.29) is 5.91 Å². The van der Waals surface area contributed by atoms with Crippen molar-refractivity contribution < 1.29 is 4.79 Å². The molecule has 3 aromatic rings. The molecule has 1 aliphatic rings. The first-order chi connectivity index (χ1) is 12.2. The third-order valence-electron chi connectivity index (χ3n) is 4.52. The smallest absolute Gasteiger partial charge is 0.260 e. The fraction of sp³-hybridized carbons (Fsp3) is 0.263. The summed E-state index contributed by atoms with van der Waals surface area (Å²) in [5.74, 6) is 0.934. The Hall–Kier alpha value is -3.02. The van der Waals surface area contributed by atoms with Gasteiger partial charge < -0.3 is 5.32 Å². The van der Waals surface area contributed by atoms with E-state index in [0.29, 0.717) is 17.3 Å². The molecule has 3 aromatic heterocycles. The van der Waals surface area contributed by atoms with Crippen molar-refractivity contribution in [1.29, 1.82) is 0 Å². The van der Waals surface area contributed by atoms with Crippen LogP contribution in [0.25, 0.3) is 11.3 Å². The van der Waals surface area contributed by atoms with E-state index < -0.39 is 0 Å². The van der Waals surface area contributed by atoms with Gasteiger partial charge in [-0.25, -0.2) is 4.98 Å². The Morgan fingerprint density at radius 1 is 1.24 bits per heavy atom. The van der Waals surface area contributed by atoms with Gasteiger partial charge in [-0.2, -0.15) is 5.10 Å². The second-order valence-electron chi connectivity index (χ2n) is 6.43. The van der Waals surface area contributed by atoms with Crippen LogP contribution in [0.3, 0.4) is 0 Å². The number of carbonyl (C=O) groups excluding carboxylic acids is 1. The van der Waals surface area contributed by atoms with E-state index in [2.05, 4.69) is 27.3 Å². The highest BCUT2D eigenvalue weighted by atomic mass is 16.1. The number of hydrogen-bond acceptors (Lipinski definition) is 4. The monoisotopic (exact) mass is 333 g/mol. The average molecular weight is 333 g/mol. The number of amides is 1. The van der Waals surface area contributed by atoms with Gasteiger partial charge in [0, 0.05) is 24.5 Å². The molecule has 0 fully saturated rings. The Bertz CT molecular complexity index is 903. The van der Waals surface area contributed by atoms with Crippen LogP contribution in [0.4, 0.5) is 5.82 Å². The maximum absolute atomic E-state index is 12.7. The van der Waals surface area contributed by atoms with Gasteiger partial charge >= 0.3 is 0 Å². The van der Waals surface area contributed by atoms with Crippen molar-refractivity contribution in [3.63, 3.8) is 0 Å². The lowest BCUT2D eigenvalue weighted by Crippen LogP contribution is -2.21. The summed E-state index contributed by atoms with van der Waals surface area (Å²) in [6.45, 7) is 3.08. The molecule has 0 spiro atoms. The van der Waals surface area contributed by atoms with Crippen LogP contribution in [0, 0.1) is 5.92 Å². The van der Waals surface area contributed by atoms with Gasteiger partial charge in [-0.15, -0.1) is 0 Å². The van der Waals surface area contributed by atoms with Crippen LogP contribution in [0.2, 0.25) is 0 Å². The second-order valence-corrected chi connectivity index (χ2v) is 6.43. The fourth-order valence-electron chi connectivity index (χ4n) is 3.15. The molecule has 0 saturated carbocycles. The average Bonchev–Trinajstić information content (AvgIpc) is 3.06. The summed E-state index contributed by atoms with van der Waals surface area (Å²) < 4.78 is 1.94. The lowest BCUT2D eigenvalue weighted by molar-refractivity contribution is 0.102. The summed E-state index contributed by atoms with van der Waals surface area (Å²) in [4.78, 5) is 21.3. The van der Waals surface area contributed by atoms with Crippen molar-refractivity contribution in [2.24, 2.45) is 5.92 Å². The number of rotatable bonds is 3. The molecule has 0 bridgehead atoms. The maximum Gasteiger partial charge on any atom is 0.260 e. The summed E-state index contributed by atoms with van der Waals surface area (Å²) in [6.07, 6.45) is 7.12. The van der Waals surface area contributed by atoms with E-state index >= 15 is 0 Å². The molecule has 0 radical (unpaired) electrons. The van der Waals surface area contributed by atoms with Gasteiger partial charge in [0.05, 0.1) is 23.1 Å². The molecule has 126 valence electrons. The van der Waals surface area contributed by atoms with Gasteiger partial charge in [0.25, 0.3) is 5.91 Å². The van der Waals surface area contributed by atoms with Gasteiger partial charge in [0.1, 0.15) is 5.82 Å². The molecule has 0 aromatic carbocycles. The molecular weight excluding hydrogens is 314 g/mol. The zero-order valence-electron chi connectivity index (χ0n) is 14.0. The van der Waals surface area contributed by atoms with E-state index in [1.807, 2.05) is 28.9 Å². The van der Waals surface area contributed by atoms with Crippen molar-refractivity contribution in [1.82, 2.24) is 19.7 Å². The number of carbonyl (C=O) groups is 1. The highest BCUT2D eigenvalue weighted by Crippen LogP contribution is 2.23. The largest absolute Gasteiger partial charge is 0.306 e. The minimum atomic E-state index is -0.161. The van der Waals surface area contributed by atoms with E-state index in [4.69, 9.17) is 0 Å². The molecule has 25 heavy (non-hydrogen) atoms. The molecule has 1 N–H and O–H groups in total. The first-order valence-electron chi connectivity index (χ1n) is 8.44. The molecule has 1 aliphatic heterocycles. The second kappa shape index (κ2) is 6.47. The van der Waals surface area contributed by atoms with Crippen molar-refractivity contribution in [3.8, 4) is 11.3 Å². The van der Waals surface area contributed by atoms with Crippen molar-refractivity contribution in [3.05, 3.63) is 60.2 Å². The van der Waals surface area contributed by atoms with Gasteiger partial charge in [-0.3, -0.25) is 14.5 Å². The quantitative estimate of drug-likeness (QED) is 0.799. The number of hydrogen-bond donors (Lipinski definition) is 1. The van der Waals surface area contributed by atoms with Crippen LogP contribution in [-0.2, 0) is 13.0 Å². The van der Waals surface area contributed by atoms with Crippen molar-refractivity contribution in [2.75, 3.05) is 5.32 Å². The molecular formula is C19H19N5O. The summed E-state index contributed by atoms with van der Waals surface area (Å²) in [7, 11) is 0. The van der Waals surface area contributed by atoms with Crippen molar-refractivity contribution in [2.45, 2.75) is 26.3 Å². The zero-order valence-corrected chi connectivity index (χ0v) is 14.0. The number of anilines is 1. The van der Waals surface area contributed by atoms with E-state index in [1.165, 1.54) is 0 Å². The molecule has 1 unspecified atom stereocenters. The van der Waals surface area contributed by atoms with Gasteiger partial charge in [-0.1, -0.05) is 13.0 Å². The topological polar surface area (TPSA) is 72.7 Å². The van der Waals surface area contributed by atoms with Crippen LogP contribution in [-0.4, -0.2) is 25.7 Å². The minimum Gasteiger partial charge on any atom is -0.306 e. The Kier molecular flexibility index (Phi) is 4.01. The van der Waals surface area contributed by atoms with Gasteiger partial charge in [0.15, 0.2) is 0 Å². The predicted molar refractivity (Wildman–Crippen MR) is 95.1 cm³/mol. The summed E-state index contributed by atoms with van der Waals surface area (Å²) >= 11 is 0. The van der Waals surface area contributed by atoms with Crippen LogP contribution < -0.4 is 5.32 Å². The maximum atomic E-state index is 12.7. The van der Waals surface area contributed by atoms with Crippen LogP contribution in [0.5, 0.6) is 0 Å². The predicted octanol–water partition coefficient (Wildman–Crippen LogP) is 3.17. The van der Waals surface area contributed by atoms with Gasteiger partial charge in [0.2, 0.25) is 0 Å². The van der Waals surface area contributed by atoms with E-state index in [1.54, 1.807) is 24.7 Å². The Morgan fingerprint density at radius 3 is 3.00 bits per heavy atom. The molecule has 4 heterocycles. The van der Waals surface area contributed by atoms with E-state index in [0.717, 1.165) is 36.3 Å². The first kappa shape index (κ1) is 15.5. The number of fused-ring (bicyclic) bond motifs is 1. The fourth-order valence-corrected chi connectivity index (χ4v) is 3.15. The molecule has 0 saturated heterocycles.